The third-order valence-corrected chi connectivity index (χ3v) is 4.33. The number of hydrogen-bond acceptors (Lipinski definition) is 2. The van der Waals surface area contributed by atoms with E-state index in [0.29, 0.717) is 22.5 Å². The number of benzene rings is 1. The van der Waals surface area contributed by atoms with E-state index in [0.717, 1.165) is 24.1 Å². The van der Waals surface area contributed by atoms with Gasteiger partial charge in [-0.05, 0) is 36.6 Å². The number of halogens is 2. The summed E-state index contributed by atoms with van der Waals surface area (Å²) < 4.78 is 2.03. The van der Waals surface area contributed by atoms with Gasteiger partial charge in [-0.1, -0.05) is 43.1 Å². The van der Waals surface area contributed by atoms with E-state index < -0.39 is 0 Å². The molecular weight excluding hydrogens is 305 g/mol. The van der Waals surface area contributed by atoms with Crippen LogP contribution < -0.4 is 5.73 Å². The van der Waals surface area contributed by atoms with Crippen LogP contribution in [0.15, 0.2) is 30.5 Å². The first-order chi connectivity index (χ1) is 10.0. The summed E-state index contributed by atoms with van der Waals surface area (Å²) in [5, 5.41) is 5.86. The van der Waals surface area contributed by atoms with Crippen molar-refractivity contribution in [3.8, 4) is 0 Å². The first-order valence-electron chi connectivity index (χ1n) is 7.29. The Balaban J connectivity index is 2.11. The minimum Gasteiger partial charge on any atom is -0.324 e. The molecule has 0 aliphatic carbocycles. The summed E-state index contributed by atoms with van der Waals surface area (Å²) in [6, 6.07) is 7.72. The normalized spacial score (nSPS) is 12.9. The molecule has 0 spiro atoms. The molecular formula is C16H21Cl2N3. The maximum Gasteiger partial charge on any atom is 0.0643 e. The Bertz CT molecular complexity index is 591. The first kappa shape index (κ1) is 16.3. The van der Waals surface area contributed by atoms with Crippen molar-refractivity contribution in [2.45, 2.75) is 45.2 Å². The molecule has 1 heterocycles. The van der Waals surface area contributed by atoms with Crippen LogP contribution in [0, 0.1) is 0 Å². The average molecular weight is 326 g/mol. The van der Waals surface area contributed by atoms with E-state index in [-0.39, 0.29) is 6.04 Å². The average Bonchev–Trinajstić information content (AvgIpc) is 2.88. The minimum absolute atomic E-state index is 0.181. The van der Waals surface area contributed by atoms with E-state index in [9.17, 15) is 0 Å². The minimum atomic E-state index is -0.181. The number of nitrogens with two attached hydrogens (primary N) is 1. The van der Waals surface area contributed by atoms with Crippen LogP contribution in [0.25, 0.3) is 0 Å². The van der Waals surface area contributed by atoms with Gasteiger partial charge in [-0.2, -0.15) is 5.10 Å². The lowest BCUT2D eigenvalue weighted by Crippen LogP contribution is -2.15. The van der Waals surface area contributed by atoms with Crippen molar-refractivity contribution in [1.82, 2.24) is 9.78 Å². The molecule has 1 atom stereocenters. The van der Waals surface area contributed by atoms with Gasteiger partial charge in [-0.3, -0.25) is 4.68 Å². The fourth-order valence-electron chi connectivity index (χ4n) is 2.49. The van der Waals surface area contributed by atoms with Gasteiger partial charge in [0.05, 0.1) is 11.7 Å². The van der Waals surface area contributed by atoms with Crippen LogP contribution >= 0.6 is 23.2 Å². The highest BCUT2D eigenvalue weighted by Crippen LogP contribution is 2.27. The van der Waals surface area contributed by atoms with E-state index in [4.69, 9.17) is 28.9 Å². The monoisotopic (exact) mass is 325 g/mol. The number of hydrogen-bond donors (Lipinski definition) is 1. The standard InChI is InChI=1S/C16H21Cl2N3/c1-3-13(4-2)21-8-7-12(20-21)10-16(19)14-6-5-11(17)9-15(14)18/h5-9,13,16H,3-4,10,19H2,1-2H3. The highest BCUT2D eigenvalue weighted by molar-refractivity contribution is 6.35. The fourth-order valence-corrected chi connectivity index (χ4v) is 3.04. The molecule has 0 aliphatic rings. The van der Waals surface area contributed by atoms with Crippen molar-refractivity contribution in [2.75, 3.05) is 0 Å². The predicted octanol–water partition coefficient (Wildman–Crippen LogP) is 4.79. The smallest absolute Gasteiger partial charge is 0.0643 e. The van der Waals surface area contributed by atoms with E-state index >= 15 is 0 Å². The molecule has 2 rings (SSSR count). The summed E-state index contributed by atoms with van der Waals surface area (Å²) in [6.45, 7) is 4.35. The van der Waals surface area contributed by atoms with Gasteiger partial charge in [0, 0.05) is 28.7 Å². The molecule has 0 fully saturated rings. The van der Waals surface area contributed by atoms with Gasteiger partial charge in [0.25, 0.3) is 0 Å². The highest BCUT2D eigenvalue weighted by Gasteiger charge is 2.14. The van der Waals surface area contributed by atoms with E-state index in [1.54, 1.807) is 6.07 Å². The molecule has 1 aromatic carbocycles. The van der Waals surface area contributed by atoms with Crippen LogP contribution in [-0.2, 0) is 6.42 Å². The largest absolute Gasteiger partial charge is 0.324 e. The number of rotatable bonds is 6. The number of nitrogens with zero attached hydrogens (tertiary/aromatic N) is 2. The second-order valence-corrected chi connectivity index (χ2v) is 6.08. The van der Waals surface area contributed by atoms with Crippen molar-refractivity contribution in [1.29, 1.82) is 0 Å². The highest BCUT2D eigenvalue weighted by atomic mass is 35.5. The third-order valence-electron chi connectivity index (χ3n) is 3.77. The fraction of sp³-hybridized carbons (Fsp3) is 0.438. The molecule has 114 valence electrons. The molecule has 1 aromatic heterocycles. The van der Waals surface area contributed by atoms with Crippen LogP contribution in [0.4, 0.5) is 0 Å². The van der Waals surface area contributed by atoms with Crippen LogP contribution in [-0.4, -0.2) is 9.78 Å². The Kier molecular flexibility index (Phi) is 5.68. The van der Waals surface area contributed by atoms with Crippen molar-refractivity contribution in [3.63, 3.8) is 0 Å². The van der Waals surface area contributed by atoms with Gasteiger partial charge in [-0.25, -0.2) is 0 Å². The second-order valence-electron chi connectivity index (χ2n) is 5.23. The van der Waals surface area contributed by atoms with Gasteiger partial charge in [0.1, 0.15) is 0 Å². The predicted molar refractivity (Wildman–Crippen MR) is 88.9 cm³/mol. The Morgan fingerprint density at radius 3 is 2.52 bits per heavy atom. The van der Waals surface area contributed by atoms with E-state index in [2.05, 4.69) is 18.9 Å². The van der Waals surface area contributed by atoms with Crippen molar-refractivity contribution in [3.05, 3.63) is 51.8 Å². The molecule has 2 N–H and O–H groups in total. The van der Waals surface area contributed by atoms with Crippen molar-refractivity contribution >= 4 is 23.2 Å². The molecule has 0 radical (unpaired) electrons. The molecule has 1 unspecified atom stereocenters. The summed E-state index contributed by atoms with van der Waals surface area (Å²) in [4.78, 5) is 0. The Hall–Kier alpha value is -1.03. The molecule has 0 saturated carbocycles. The maximum atomic E-state index is 6.25. The maximum absolute atomic E-state index is 6.25. The number of aromatic nitrogens is 2. The Labute approximate surface area is 136 Å². The van der Waals surface area contributed by atoms with Crippen molar-refractivity contribution in [2.24, 2.45) is 5.73 Å². The van der Waals surface area contributed by atoms with Crippen LogP contribution in [0.2, 0.25) is 10.0 Å². The lowest BCUT2D eigenvalue weighted by molar-refractivity contribution is 0.424. The van der Waals surface area contributed by atoms with Gasteiger partial charge in [0.15, 0.2) is 0 Å². The van der Waals surface area contributed by atoms with Crippen molar-refractivity contribution < 1.29 is 0 Å². The molecule has 3 nitrogen and oxygen atoms in total. The van der Waals surface area contributed by atoms with Crippen LogP contribution in [0.5, 0.6) is 0 Å². The van der Waals surface area contributed by atoms with Gasteiger partial charge in [-0.15, -0.1) is 0 Å². The summed E-state index contributed by atoms with van der Waals surface area (Å²) in [5.41, 5.74) is 8.14. The third kappa shape index (κ3) is 4.00. The summed E-state index contributed by atoms with van der Waals surface area (Å²) in [6.07, 6.45) is 4.84. The topological polar surface area (TPSA) is 43.8 Å². The molecule has 2 aromatic rings. The lowest BCUT2D eigenvalue weighted by atomic mass is 10.0. The zero-order valence-electron chi connectivity index (χ0n) is 12.4. The quantitative estimate of drug-likeness (QED) is 0.829. The molecule has 0 aliphatic heterocycles. The zero-order chi connectivity index (χ0) is 15.4. The van der Waals surface area contributed by atoms with Gasteiger partial charge >= 0.3 is 0 Å². The molecule has 0 bridgehead atoms. The Morgan fingerprint density at radius 2 is 1.90 bits per heavy atom. The molecule has 0 amide bonds. The summed E-state index contributed by atoms with van der Waals surface area (Å²) in [5.74, 6) is 0. The van der Waals surface area contributed by atoms with E-state index in [1.807, 2.05) is 29.1 Å². The SMILES string of the molecule is CCC(CC)n1ccc(CC(N)c2ccc(Cl)cc2Cl)n1. The molecule has 5 heteroatoms. The molecule has 0 saturated heterocycles. The van der Waals surface area contributed by atoms with Crippen LogP contribution in [0.3, 0.4) is 0 Å². The second kappa shape index (κ2) is 7.30. The van der Waals surface area contributed by atoms with Gasteiger partial charge in [0.2, 0.25) is 0 Å². The summed E-state index contributed by atoms with van der Waals surface area (Å²) >= 11 is 12.1. The zero-order valence-corrected chi connectivity index (χ0v) is 13.9. The lowest BCUT2D eigenvalue weighted by Gasteiger charge is -2.14. The first-order valence-corrected chi connectivity index (χ1v) is 8.05. The molecule has 21 heavy (non-hydrogen) atoms. The van der Waals surface area contributed by atoms with Gasteiger partial charge < -0.3 is 5.73 Å². The van der Waals surface area contributed by atoms with Crippen LogP contribution in [0.1, 0.15) is 50.0 Å². The van der Waals surface area contributed by atoms with E-state index in [1.165, 1.54) is 0 Å². The summed E-state index contributed by atoms with van der Waals surface area (Å²) in [7, 11) is 0. The Morgan fingerprint density at radius 1 is 1.19 bits per heavy atom.